The van der Waals surface area contributed by atoms with Crippen molar-refractivity contribution in [2.45, 2.75) is 25.5 Å². The number of halogens is 1. The van der Waals surface area contributed by atoms with Gasteiger partial charge >= 0.3 is 0 Å². The summed E-state index contributed by atoms with van der Waals surface area (Å²) < 4.78 is 13.1. The summed E-state index contributed by atoms with van der Waals surface area (Å²) in [5, 5.41) is 9.60. The Labute approximate surface area is 77.2 Å². The van der Waals surface area contributed by atoms with Crippen molar-refractivity contribution in [2.75, 3.05) is 0 Å². The van der Waals surface area contributed by atoms with Crippen LogP contribution in [0.15, 0.2) is 24.3 Å². The predicted molar refractivity (Wildman–Crippen MR) is 49.6 cm³/mol. The number of hydrogen-bond donors (Lipinski definition) is 2. The zero-order chi connectivity index (χ0) is 9.84. The number of benzene rings is 1. The Morgan fingerprint density at radius 1 is 1.46 bits per heavy atom. The predicted octanol–water partition coefficient (Wildman–Crippen LogP) is 1.60. The Balaban J connectivity index is 2.88. The minimum atomic E-state index is -0.911. The largest absolute Gasteiger partial charge is 0.387 e. The van der Waals surface area contributed by atoms with Gasteiger partial charge in [-0.05, 0) is 12.5 Å². The van der Waals surface area contributed by atoms with E-state index in [1.165, 1.54) is 6.07 Å². The monoisotopic (exact) mass is 183 g/mol. The molecule has 0 aliphatic rings. The van der Waals surface area contributed by atoms with Gasteiger partial charge in [-0.2, -0.15) is 0 Å². The maximum atomic E-state index is 13.1. The molecule has 0 aliphatic heterocycles. The molecule has 0 saturated carbocycles. The van der Waals surface area contributed by atoms with E-state index in [9.17, 15) is 9.50 Å². The van der Waals surface area contributed by atoms with Gasteiger partial charge in [-0.3, -0.25) is 0 Å². The molecule has 13 heavy (non-hydrogen) atoms. The SMILES string of the molecule is CC[C@H](N)[C@@H](O)c1ccccc1F. The smallest absolute Gasteiger partial charge is 0.129 e. The summed E-state index contributed by atoms with van der Waals surface area (Å²) in [5.41, 5.74) is 5.88. The first-order chi connectivity index (χ1) is 6.16. The van der Waals surface area contributed by atoms with E-state index in [1.807, 2.05) is 6.92 Å². The van der Waals surface area contributed by atoms with Gasteiger partial charge in [0, 0.05) is 11.6 Å². The van der Waals surface area contributed by atoms with E-state index >= 15 is 0 Å². The van der Waals surface area contributed by atoms with Gasteiger partial charge in [0.2, 0.25) is 0 Å². The average molecular weight is 183 g/mol. The van der Waals surface area contributed by atoms with Gasteiger partial charge in [0.1, 0.15) is 5.82 Å². The summed E-state index contributed by atoms with van der Waals surface area (Å²) in [6.07, 6.45) is -0.290. The Morgan fingerprint density at radius 2 is 2.08 bits per heavy atom. The van der Waals surface area contributed by atoms with Crippen molar-refractivity contribution in [2.24, 2.45) is 5.73 Å². The number of aliphatic hydroxyl groups excluding tert-OH is 1. The molecule has 0 spiro atoms. The third-order valence-electron chi connectivity index (χ3n) is 2.10. The van der Waals surface area contributed by atoms with Gasteiger partial charge in [-0.25, -0.2) is 4.39 Å². The molecule has 0 amide bonds. The van der Waals surface area contributed by atoms with Crippen molar-refractivity contribution in [3.05, 3.63) is 35.6 Å². The second kappa shape index (κ2) is 4.35. The lowest BCUT2D eigenvalue weighted by Gasteiger charge is -2.17. The van der Waals surface area contributed by atoms with Crippen LogP contribution in [0.2, 0.25) is 0 Å². The highest BCUT2D eigenvalue weighted by Crippen LogP contribution is 2.19. The number of rotatable bonds is 3. The van der Waals surface area contributed by atoms with Crippen LogP contribution in [0.3, 0.4) is 0 Å². The molecule has 2 atom stereocenters. The minimum absolute atomic E-state index is 0.275. The number of hydrogen-bond acceptors (Lipinski definition) is 2. The van der Waals surface area contributed by atoms with Crippen molar-refractivity contribution in [1.82, 2.24) is 0 Å². The first kappa shape index (κ1) is 10.2. The number of nitrogens with two attached hydrogens (primary N) is 1. The third kappa shape index (κ3) is 2.26. The second-order valence-corrected chi connectivity index (χ2v) is 3.04. The lowest BCUT2D eigenvalue weighted by molar-refractivity contribution is 0.140. The van der Waals surface area contributed by atoms with Crippen molar-refractivity contribution in [3.63, 3.8) is 0 Å². The summed E-state index contributed by atoms with van der Waals surface area (Å²) in [7, 11) is 0. The summed E-state index contributed by atoms with van der Waals surface area (Å²) >= 11 is 0. The molecule has 0 heterocycles. The molecule has 0 aliphatic carbocycles. The van der Waals surface area contributed by atoms with E-state index in [1.54, 1.807) is 18.2 Å². The van der Waals surface area contributed by atoms with Crippen LogP contribution in [-0.2, 0) is 0 Å². The maximum absolute atomic E-state index is 13.1. The molecule has 1 rings (SSSR count). The summed E-state index contributed by atoms with van der Waals surface area (Å²) in [5.74, 6) is -0.404. The quantitative estimate of drug-likeness (QED) is 0.747. The molecule has 2 nitrogen and oxygen atoms in total. The van der Waals surface area contributed by atoms with E-state index in [4.69, 9.17) is 5.73 Å². The fourth-order valence-corrected chi connectivity index (χ4v) is 1.17. The molecule has 0 bridgehead atoms. The maximum Gasteiger partial charge on any atom is 0.129 e. The molecule has 0 radical (unpaired) electrons. The molecule has 3 N–H and O–H groups in total. The van der Waals surface area contributed by atoms with Crippen LogP contribution in [0, 0.1) is 5.82 Å². The first-order valence-corrected chi connectivity index (χ1v) is 4.35. The van der Waals surface area contributed by atoms with Gasteiger partial charge in [0.15, 0.2) is 0 Å². The van der Waals surface area contributed by atoms with E-state index in [0.29, 0.717) is 6.42 Å². The van der Waals surface area contributed by atoms with Crippen molar-refractivity contribution in [3.8, 4) is 0 Å². The standard InChI is InChI=1S/C10H14FNO/c1-2-9(12)10(13)7-5-3-4-6-8(7)11/h3-6,9-10,13H,2,12H2,1H3/t9-,10-/m0/s1. The van der Waals surface area contributed by atoms with Crippen molar-refractivity contribution in [1.29, 1.82) is 0 Å². The highest BCUT2D eigenvalue weighted by Gasteiger charge is 2.17. The van der Waals surface area contributed by atoms with Crippen LogP contribution >= 0.6 is 0 Å². The lowest BCUT2D eigenvalue weighted by atomic mass is 10.0. The van der Waals surface area contributed by atoms with Crippen LogP contribution in [0.1, 0.15) is 25.0 Å². The molecule has 1 aromatic rings. The Kier molecular flexibility index (Phi) is 3.39. The van der Waals surface area contributed by atoms with Crippen LogP contribution in [0.4, 0.5) is 4.39 Å². The second-order valence-electron chi connectivity index (χ2n) is 3.04. The minimum Gasteiger partial charge on any atom is -0.387 e. The zero-order valence-electron chi connectivity index (χ0n) is 7.57. The van der Waals surface area contributed by atoms with Gasteiger partial charge in [-0.1, -0.05) is 25.1 Å². The lowest BCUT2D eigenvalue weighted by Crippen LogP contribution is -2.27. The fourth-order valence-electron chi connectivity index (χ4n) is 1.17. The van der Waals surface area contributed by atoms with Crippen LogP contribution < -0.4 is 5.73 Å². The van der Waals surface area contributed by atoms with Gasteiger partial charge in [0.05, 0.1) is 6.10 Å². The molecule has 1 aromatic carbocycles. The Morgan fingerprint density at radius 3 is 2.62 bits per heavy atom. The van der Waals surface area contributed by atoms with E-state index < -0.39 is 18.0 Å². The average Bonchev–Trinajstić information content (AvgIpc) is 2.16. The van der Waals surface area contributed by atoms with Crippen molar-refractivity contribution < 1.29 is 9.50 Å². The van der Waals surface area contributed by atoms with E-state index in [0.717, 1.165) is 0 Å². The first-order valence-electron chi connectivity index (χ1n) is 4.35. The van der Waals surface area contributed by atoms with E-state index in [-0.39, 0.29) is 5.56 Å². The molecule has 0 aromatic heterocycles. The highest BCUT2D eigenvalue weighted by molar-refractivity contribution is 5.20. The summed E-state index contributed by atoms with van der Waals surface area (Å²) in [6, 6.07) is 5.74. The molecular formula is C10H14FNO. The molecular weight excluding hydrogens is 169 g/mol. The summed E-state index contributed by atoms with van der Waals surface area (Å²) in [6.45, 7) is 1.86. The molecule has 0 unspecified atom stereocenters. The molecule has 0 fully saturated rings. The van der Waals surface area contributed by atoms with Crippen LogP contribution in [0.25, 0.3) is 0 Å². The normalized spacial score (nSPS) is 15.4. The van der Waals surface area contributed by atoms with Crippen molar-refractivity contribution >= 4 is 0 Å². The van der Waals surface area contributed by atoms with Gasteiger partial charge in [-0.15, -0.1) is 0 Å². The van der Waals surface area contributed by atoms with E-state index in [2.05, 4.69) is 0 Å². The number of aliphatic hydroxyl groups is 1. The van der Waals surface area contributed by atoms with Gasteiger partial charge in [0.25, 0.3) is 0 Å². The Bertz CT molecular complexity index is 277. The van der Waals surface area contributed by atoms with Crippen LogP contribution in [0.5, 0.6) is 0 Å². The summed E-state index contributed by atoms with van der Waals surface area (Å²) in [4.78, 5) is 0. The molecule has 0 saturated heterocycles. The highest BCUT2D eigenvalue weighted by atomic mass is 19.1. The van der Waals surface area contributed by atoms with Crippen LogP contribution in [-0.4, -0.2) is 11.1 Å². The fraction of sp³-hybridized carbons (Fsp3) is 0.400. The molecule has 3 heteroatoms. The molecule has 72 valence electrons. The zero-order valence-corrected chi connectivity index (χ0v) is 7.57. The Hall–Kier alpha value is -0.930. The van der Waals surface area contributed by atoms with Gasteiger partial charge < -0.3 is 10.8 Å². The topological polar surface area (TPSA) is 46.2 Å². The third-order valence-corrected chi connectivity index (χ3v) is 2.10.